The van der Waals surface area contributed by atoms with E-state index in [0.29, 0.717) is 12.8 Å². The van der Waals surface area contributed by atoms with Gasteiger partial charge < -0.3 is 15.3 Å². The minimum absolute atomic E-state index is 0.152. The van der Waals surface area contributed by atoms with Crippen molar-refractivity contribution in [3.63, 3.8) is 0 Å². The fourth-order valence-corrected chi connectivity index (χ4v) is 1.97. The lowest BCUT2D eigenvalue weighted by Crippen LogP contribution is -2.43. The van der Waals surface area contributed by atoms with Crippen LogP contribution in [0.15, 0.2) is 24.3 Å². The van der Waals surface area contributed by atoms with E-state index >= 15 is 0 Å². The maximum Gasteiger partial charge on any atom is 0.106 e. The Morgan fingerprint density at radius 2 is 1.69 bits per heavy atom. The van der Waals surface area contributed by atoms with E-state index < -0.39 is 18.3 Å². The number of aliphatic hydroxyl groups is 3. The zero-order valence-corrected chi connectivity index (χ0v) is 9.79. The van der Waals surface area contributed by atoms with Gasteiger partial charge in [0.1, 0.15) is 6.10 Å². The van der Waals surface area contributed by atoms with Gasteiger partial charge in [-0.05, 0) is 25.2 Å². The van der Waals surface area contributed by atoms with Gasteiger partial charge in [0.05, 0.1) is 12.2 Å². The Hall–Kier alpha value is -0.640. The summed E-state index contributed by atoms with van der Waals surface area (Å²) in [6.07, 6.45) is 8.69. The van der Waals surface area contributed by atoms with Crippen molar-refractivity contribution in [1.82, 2.24) is 0 Å². The molecule has 0 radical (unpaired) electrons. The van der Waals surface area contributed by atoms with Crippen LogP contribution in [0, 0.1) is 5.92 Å². The zero-order valence-electron chi connectivity index (χ0n) is 9.79. The first-order valence-electron chi connectivity index (χ1n) is 6.02. The summed E-state index contributed by atoms with van der Waals surface area (Å²) in [7, 11) is 0. The molecule has 3 heteroatoms. The SMILES string of the molecule is CCC/C=C/C=C/C1C[C@@H](O)C(O)[C@@H](O)C1. The highest BCUT2D eigenvalue weighted by Crippen LogP contribution is 2.26. The summed E-state index contributed by atoms with van der Waals surface area (Å²) in [4.78, 5) is 0. The first-order chi connectivity index (χ1) is 7.65. The molecule has 1 aliphatic carbocycles. The van der Waals surface area contributed by atoms with Crippen LogP contribution in [0.4, 0.5) is 0 Å². The predicted molar refractivity (Wildman–Crippen MR) is 63.9 cm³/mol. The van der Waals surface area contributed by atoms with Crippen LogP contribution in [-0.2, 0) is 0 Å². The van der Waals surface area contributed by atoms with Crippen LogP contribution in [-0.4, -0.2) is 33.6 Å². The van der Waals surface area contributed by atoms with Gasteiger partial charge in [-0.2, -0.15) is 0 Å². The summed E-state index contributed by atoms with van der Waals surface area (Å²) in [6.45, 7) is 2.13. The molecule has 0 saturated heterocycles. The standard InChI is InChI=1S/C13H22O3/c1-2-3-4-5-6-7-10-8-11(14)13(16)12(15)9-10/h4-7,10-16H,2-3,8-9H2,1H3/b5-4+,7-6+/t10?,11-,12+,13?. The first-order valence-corrected chi connectivity index (χ1v) is 6.02. The van der Waals surface area contributed by atoms with E-state index in [-0.39, 0.29) is 5.92 Å². The lowest BCUT2D eigenvalue weighted by Gasteiger charge is -2.32. The summed E-state index contributed by atoms with van der Waals surface area (Å²) in [5, 5.41) is 28.4. The van der Waals surface area contributed by atoms with Crippen molar-refractivity contribution in [3.8, 4) is 0 Å². The van der Waals surface area contributed by atoms with Crippen LogP contribution in [0.5, 0.6) is 0 Å². The molecule has 0 heterocycles. The van der Waals surface area contributed by atoms with Crippen molar-refractivity contribution < 1.29 is 15.3 Å². The van der Waals surface area contributed by atoms with E-state index in [1.165, 1.54) is 0 Å². The van der Waals surface area contributed by atoms with E-state index in [2.05, 4.69) is 13.0 Å². The van der Waals surface area contributed by atoms with Gasteiger partial charge in [-0.15, -0.1) is 0 Å². The minimum Gasteiger partial charge on any atom is -0.390 e. The molecule has 3 N–H and O–H groups in total. The molecule has 4 atom stereocenters. The molecule has 0 aromatic rings. The Kier molecular flexibility index (Phi) is 5.74. The molecular weight excluding hydrogens is 204 g/mol. The Labute approximate surface area is 97.1 Å². The molecule has 2 unspecified atom stereocenters. The number of aliphatic hydroxyl groups excluding tert-OH is 3. The van der Waals surface area contributed by atoms with Gasteiger partial charge in [0.2, 0.25) is 0 Å². The maximum absolute atomic E-state index is 9.50. The van der Waals surface area contributed by atoms with Gasteiger partial charge in [-0.1, -0.05) is 37.6 Å². The highest BCUT2D eigenvalue weighted by Gasteiger charge is 2.33. The maximum atomic E-state index is 9.50. The fourth-order valence-electron chi connectivity index (χ4n) is 1.97. The molecule has 16 heavy (non-hydrogen) atoms. The Morgan fingerprint density at radius 1 is 1.06 bits per heavy atom. The lowest BCUT2D eigenvalue weighted by atomic mass is 9.83. The summed E-state index contributed by atoms with van der Waals surface area (Å²) in [5.74, 6) is 0.152. The van der Waals surface area contributed by atoms with Crippen LogP contribution in [0.25, 0.3) is 0 Å². The average Bonchev–Trinajstić information content (AvgIpc) is 2.25. The highest BCUT2D eigenvalue weighted by molar-refractivity contribution is 5.06. The second kappa shape index (κ2) is 6.84. The number of allylic oxidation sites excluding steroid dienone is 4. The van der Waals surface area contributed by atoms with Crippen LogP contribution >= 0.6 is 0 Å². The Bertz CT molecular complexity index is 236. The smallest absolute Gasteiger partial charge is 0.106 e. The van der Waals surface area contributed by atoms with E-state index in [1.54, 1.807) is 0 Å². The first kappa shape index (κ1) is 13.4. The largest absolute Gasteiger partial charge is 0.390 e. The third-order valence-corrected chi connectivity index (χ3v) is 2.96. The molecule has 1 rings (SSSR count). The molecule has 3 nitrogen and oxygen atoms in total. The van der Waals surface area contributed by atoms with E-state index in [0.717, 1.165) is 12.8 Å². The van der Waals surface area contributed by atoms with Crippen molar-refractivity contribution in [2.24, 2.45) is 5.92 Å². The zero-order chi connectivity index (χ0) is 12.0. The molecule has 0 spiro atoms. The van der Waals surface area contributed by atoms with Crippen LogP contribution in [0.3, 0.4) is 0 Å². The molecule has 1 saturated carbocycles. The van der Waals surface area contributed by atoms with Crippen molar-refractivity contribution >= 4 is 0 Å². The van der Waals surface area contributed by atoms with Crippen LogP contribution in [0.2, 0.25) is 0 Å². The molecule has 0 aromatic heterocycles. The van der Waals surface area contributed by atoms with Crippen molar-refractivity contribution in [3.05, 3.63) is 24.3 Å². The average molecular weight is 226 g/mol. The molecule has 0 bridgehead atoms. The molecule has 92 valence electrons. The molecule has 1 aliphatic rings. The Balaban J connectivity index is 2.38. The molecule has 1 fully saturated rings. The normalized spacial score (nSPS) is 36.2. The van der Waals surface area contributed by atoms with Gasteiger partial charge >= 0.3 is 0 Å². The van der Waals surface area contributed by atoms with Crippen molar-refractivity contribution in [2.75, 3.05) is 0 Å². The third kappa shape index (κ3) is 4.08. The van der Waals surface area contributed by atoms with E-state index in [9.17, 15) is 15.3 Å². The van der Waals surface area contributed by atoms with Gasteiger partial charge in [-0.3, -0.25) is 0 Å². The summed E-state index contributed by atoms with van der Waals surface area (Å²) in [6, 6.07) is 0. The van der Waals surface area contributed by atoms with E-state index in [1.807, 2.05) is 18.2 Å². The topological polar surface area (TPSA) is 60.7 Å². The quantitative estimate of drug-likeness (QED) is 0.635. The van der Waals surface area contributed by atoms with Crippen LogP contribution in [0.1, 0.15) is 32.6 Å². The fraction of sp³-hybridized carbons (Fsp3) is 0.692. The highest BCUT2D eigenvalue weighted by atomic mass is 16.4. The molecule has 0 amide bonds. The van der Waals surface area contributed by atoms with Gasteiger partial charge in [0.25, 0.3) is 0 Å². The molecule has 0 aromatic carbocycles. The lowest BCUT2D eigenvalue weighted by molar-refractivity contribution is -0.0940. The molecular formula is C13H22O3. The van der Waals surface area contributed by atoms with E-state index in [4.69, 9.17) is 0 Å². The predicted octanol–water partition coefficient (Wildman–Crippen LogP) is 1.39. The number of rotatable bonds is 4. The van der Waals surface area contributed by atoms with Gasteiger partial charge in [0, 0.05) is 0 Å². The summed E-state index contributed by atoms with van der Waals surface area (Å²) in [5.41, 5.74) is 0. The minimum atomic E-state index is -0.986. The van der Waals surface area contributed by atoms with Gasteiger partial charge in [0.15, 0.2) is 0 Å². The third-order valence-electron chi connectivity index (χ3n) is 2.96. The second-order valence-electron chi connectivity index (χ2n) is 4.46. The van der Waals surface area contributed by atoms with Crippen molar-refractivity contribution in [1.29, 1.82) is 0 Å². The number of hydrogen-bond donors (Lipinski definition) is 3. The number of hydrogen-bond acceptors (Lipinski definition) is 3. The van der Waals surface area contributed by atoms with Gasteiger partial charge in [-0.25, -0.2) is 0 Å². The van der Waals surface area contributed by atoms with Crippen LogP contribution < -0.4 is 0 Å². The molecule has 0 aliphatic heterocycles. The second-order valence-corrected chi connectivity index (χ2v) is 4.46. The van der Waals surface area contributed by atoms with Crippen molar-refractivity contribution in [2.45, 2.75) is 50.9 Å². The summed E-state index contributed by atoms with van der Waals surface area (Å²) < 4.78 is 0. The number of unbranched alkanes of at least 4 members (excludes halogenated alkanes) is 1. The summed E-state index contributed by atoms with van der Waals surface area (Å²) >= 11 is 0. The Morgan fingerprint density at radius 3 is 2.25 bits per heavy atom. The monoisotopic (exact) mass is 226 g/mol.